The number of methoxy groups -OCH3 is 2. The maximum atomic E-state index is 13.9. The van der Waals surface area contributed by atoms with Crippen LogP contribution in [-0.2, 0) is 6.18 Å². The summed E-state index contributed by atoms with van der Waals surface area (Å²) in [7, 11) is 2.82. The molecule has 0 aliphatic carbocycles. The highest BCUT2D eigenvalue weighted by molar-refractivity contribution is 7.25. The van der Waals surface area contributed by atoms with Crippen LogP contribution in [-0.4, -0.2) is 29.2 Å². The summed E-state index contributed by atoms with van der Waals surface area (Å²) in [4.78, 5) is 32.2. The van der Waals surface area contributed by atoms with E-state index >= 15 is 0 Å². The Balaban J connectivity index is 2.14. The van der Waals surface area contributed by atoms with Gasteiger partial charge in [0.25, 0.3) is 5.56 Å². The van der Waals surface area contributed by atoms with E-state index in [0.717, 1.165) is 17.4 Å². The Morgan fingerprint density at radius 2 is 1.83 bits per heavy atom. The van der Waals surface area contributed by atoms with Crippen LogP contribution in [0, 0.1) is 0 Å². The molecule has 4 rings (SSSR count). The third kappa shape index (κ3) is 3.12. The van der Waals surface area contributed by atoms with Crippen molar-refractivity contribution >= 4 is 31.8 Å². The molecule has 0 saturated heterocycles. The van der Waals surface area contributed by atoms with Crippen LogP contribution in [0.3, 0.4) is 0 Å². The Morgan fingerprint density at radius 3 is 2.48 bits per heavy atom. The van der Waals surface area contributed by atoms with Crippen molar-refractivity contribution in [1.29, 1.82) is 0 Å². The Labute approximate surface area is 163 Å². The van der Waals surface area contributed by atoms with Crippen LogP contribution in [0.1, 0.15) is 5.56 Å². The number of benzene rings is 1. The first-order valence-corrected chi connectivity index (χ1v) is 8.94. The molecule has 0 radical (unpaired) electrons. The lowest BCUT2D eigenvalue weighted by atomic mass is 10.0. The third-order valence-corrected chi connectivity index (χ3v) is 5.40. The molecule has 0 amide bonds. The molecular formula is C18H12F3N3O4S. The van der Waals surface area contributed by atoms with Crippen LogP contribution in [0.5, 0.6) is 11.5 Å². The molecule has 0 atom stereocenters. The van der Waals surface area contributed by atoms with E-state index in [1.807, 2.05) is 4.98 Å². The molecule has 3 heterocycles. The highest BCUT2D eigenvalue weighted by Crippen LogP contribution is 2.43. The number of aromatic amines is 2. The van der Waals surface area contributed by atoms with Crippen molar-refractivity contribution < 1.29 is 22.6 Å². The second kappa shape index (κ2) is 6.62. The molecule has 0 fully saturated rings. The van der Waals surface area contributed by atoms with E-state index in [4.69, 9.17) is 9.47 Å². The van der Waals surface area contributed by atoms with Gasteiger partial charge in [0, 0.05) is 10.9 Å². The van der Waals surface area contributed by atoms with Gasteiger partial charge >= 0.3 is 11.9 Å². The van der Waals surface area contributed by atoms with Crippen LogP contribution in [0.4, 0.5) is 13.2 Å². The number of halogens is 3. The van der Waals surface area contributed by atoms with Gasteiger partial charge in [-0.25, -0.2) is 9.78 Å². The van der Waals surface area contributed by atoms with Gasteiger partial charge in [0.2, 0.25) is 0 Å². The fraction of sp³-hybridized carbons (Fsp3) is 0.167. The molecular weight excluding hydrogens is 411 g/mol. The summed E-state index contributed by atoms with van der Waals surface area (Å²) in [5.74, 6) is 0.714. The summed E-state index contributed by atoms with van der Waals surface area (Å²) in [5.41, 5.74) is -2.60. The van der Waals surface area contributed by atoms with Crippen molar-refractivity contribution in [3.63, 3.8) is 0 Å². The number of rotatable bonds is 3. The van der Waals surface area contributed by atoms with Gasteiger partial charge in [0.1, 0.15) is 21.0 Å². The Hall–Kier alpha value is -3.34. The van der Waals surface area contributed by atoms with Gasteiger partial charge in [-0.2, -0.15) is 13.2 Å². The minimum atomic E-state index is -4.75. The van der Waals surface area contributed by atoms with E-state index in [2.05, 4.69) is 9.97 Å². The summed E-state index contributed by atoms with van der Waals surface area (Å²) >= 11 is 0.762. The first-order valence-electron chi connectivity index (χ1n) is 8.12. The molecule has 0 saturated carbocycles. The topological polar surface area (TPSA) is 97.1 Å². The Bertz CT molecular complexity index is 1370. The van der Waals surface area contributed by atoms with Crippen molar-refractivity contribution in [2.45, 2.75) is 6.18 Å². The van der Waals surface area contributed by atoms with Crippen molar-refractivity contribution in [3.05, 3.63) is 50.7 Å². The SMILES string of the molecule is COc1ccc(OC)c(-c2cc(C(F)(F)F)c3c(n2)sc2c(=O)[nH]c(=O)[nH]c23)c1. The highest BCUT2D eigenvalue weighted by Gasteiger charge is 2.36. The van der Waals surface area contributed by atoms with Crippen LogP contribution in [0.15, 0.2) is 33.9 Å². The maximum Gasteiger partial charge on any atom is 0.417 e. The molecule has 0 aliphatic heterocycles. The molecule has 0 bridgehead atoms. The number of alkyl halides is 3. The molecule has 11 heteroatoms. The summed E-state index contributed by atoms with van der Waals surface area (Å²) in [6.45, 7) is 0. The molecule has 4 aromatic rings. The lowest BCUT2D eigenvalue weighted by molar-refractivity contribution is -0.136. The van der Waals surface area contributed by atoms with E-state index in [1.165, 1.54) is 20.3 Å². The summed E-state index contributed by atoms with van der Waals surface area (Å²) in [5, 5.41) is -0.327. The highest BCUT2D eigenvalue weighted by atomic mass is 32.1. The molecule has 3 aromatic heterocycles. The van der Waals surface area contributed by atoms with Gasteiger partial charge in [-0.05, 0) is 24.3 Å². The third-order valence-electron chi connectivity index (χ3n) is 4.32. The van der Waals surface area contributed by atoms with Gasteiger partial charge in [-0.1, -0.05) is 0 Å². The van der Waals surface area contributed by atoms with Crippen molar-refractivity contribution in [2.75, 3.05) is 14.2 Å². The van der Waals surface area contributed by atoms with E-state index in [9.17, 15) is 22.8 Å². The van der Waals surface area contributed by atoms with E-state index in [0.29, 0.717) is 17.1 Å². The van der Waals surface area contributed by atoms with Gasteiger partial charge in [-0.3, -0.25) is 9.78 Å². The van der Waals surface area contributed by atoms with E-state index in [-0.39, 0.29) is 26.1 Å². The molecule has 150 valence electrons. The Kier molecular flexibility index (Phi) is 4.34. The normalized spacial score (nSPS) is 11.9. The minimum absolute atomic E-state index is 0.00842. The predicted octanol–water partition coefficient (Wildman–Crippen LogP) is 3.53. The zero-order chi connectivity index (χ0) is 20.9. The number of hydrogen-bond acceptors (Lipinski definition) is 6. The summed E-state index contributed by atoms with van der Waals surface area (Å²) in [6.07, 6.45) is -4.75. The predicted molar refractivity (Wildman–Crippen MR) is 102 cm³/mol. The average Bonchev–Trinajstić information content (AvgIpc) is 3.04. The molecule has 0 aliphatic rings. The lowest BCUT2D eigenvalue weighted by Gasteiger charge is -2.13. The zero-order valence-corrected chi connectivity index (χ0v) is 15.7. The standard InChI is InChI=1S/C18H12F3N3O4S/c1-27-7-3-4-11(28-2)8(5-7)10-6-9(18(19,20)21)12-13-14(29-16(12)22-10)15(25)24-17(26)23-13/h3-6H,1-2H3,(H2,23,24,25,26). The second-order valence-corrected chi connectivity index (χ2v) is 7.01. The molecule has 29 heavy (non-hydrogen) atoms. The monoisotopic (exact) mass is 423 g/mol. The minimum Gasteiger partial charge on any atom is -0.497 e. The smallest absolute Gasteiger partial charge is 0.417 e. The lowest BCUT2D eigenvalue weighted by Crippen LogP contribution is -2.20. The fourth-order valence-electron chi connectivity index (χ4n) is 3.06. The average molecular weight is 423 g/mol. The van der Waals surface area contributed by atoms with Gasteiger partial charge < -0.3 is 14.5 Å². The van der Waals surface area contributed by atoms with Crippen molar-refractivity contribution in [1.82, 2.24) is 15.0 Å². The molecule has 7 nitrogen and oxygen atoms in total. The van der Waals surface area contributed by atoms with Crippen LogP contribution in [0.25, 0.3) is 31.7 Å². The molecule has 0 unspecified atom stereocenters. The van der Waals surface area contributed by atoms with Gasteiger partial charge in [0.15, 0.2) is 0 Å². The first kappa shape index (κ1) is 19.0. The number of nitrogens with zero attached hydrogens (tertiary/aromatic N) is 1. The first-order chi connectivity index (χ1) is 13.7. The molecule has 0 spiro atoms. The summed E-state index contributed by atoms with van der Waals surface area (Å²) in [6, 6.07) is 5.54. The van der Waals surface area contributed by atoms with Crippen LogP contribution < -0.4 is 20.7 Å². The molecule has 1 aromatic carbocycles. The quantitative estimate of drug-likeness (QED) is 0.526. The number of hydrogen-bond donors (Lipinski definition) is 2. The number of fused-ring (bicyclic) bond motifs is 3. The van der Waals surface area contributed by atoms with E-state index < -0.39 is 23.0 Å². The summed E-state index contributed by atoms with van der Waals surface area (Å²) < 4.78 is 52.0. The fourth-order valence-corrected chi connectivity index (χ4v) is 4.11. The van der Waals surface area contributed by atoms with Crippen LogP contribution >= 0.6 is 11.3 Å². The number of aromatic nitrogens is 3. The Morgan fingerprint density at radius 1 is 1.07 bits per heavy atom. The molecule has 2 N–H and O–H groups in total. The maximum absolute atomic E-state index is 13.9. The second-order valence-electron chi connectivity index (χ2n) is 6.01. The number of thiophene rings is 1. The largest absolute Gasteiger partial charge is 0.497 e. The van der Waals surface area contributed by atoms with E-state index in [1.54, 1.807) is 12.1 Å². The van der Waals surface area contributed by atoms with Crippen LogP contribution in [0.2, 0.25) is 0 Å². The number of ether oxygens (including phenoxy) is 2. The van der Waals surface area contributed by atoms with Crippen molar-refractivity contribution in [3.8, 4) is 22.8 Å². The number of pyridine rings is 1. The van der Waals surface area contributed by atoms with Gasteiger partial charge in [-0.15, -0.1) is 11.3 Å². The number of nitrogens with one attached hydrogen (secondary N) is 2. The van der Waals surface area contributed by atoms with Crippen molar-refractivity contribution in [2.24, 2.45) is 0 Å². The zero-order valence-electron chi connectivity index (χ0n) is 14.9. The van der Waals surface area contributed by atoms with Gasteiger partial charge in [0.05, 0.1) is 31.0 Å². The number of H-pyrrole nitrogens is 2.